The van der Waals surface area contributed by atoms with E-state index in [4.69, 9.17) is 26.2 Å². The van der Waals surface area contributed by atoms with Gasteiger partial charge in [0.25, 0.3) is 0 Å². The number of methoxy groups -OCH3 is 1. The summed E-state index contributed by atoms with van der Waals surface area (Å²) in [5.41, 5.74) is 1.56. The van der Waals surface area contributed by atoms with Crippen LogP contribution in [0.4, 0.5) is 13.2 Å². The van der Waals surface area contributed by atoms with Gasteiger partial charge in [-0.1, -0.05) is 43.3 Å². The average Bonchev–Trinajstić information content (AvgIpc) is 3.32. The SMILES string of the molecule is COc1cc(C(C)(C)c2cnc(SCc3c(F)cc(OCCO)cc3F)n2-c2ccc(F)cc2)ccc1Cl. The van der Waals surface area contributed by atoms with Gasteiger partial charge in [0.15, 0.2) is 5.16 Å². The Labute approximate surface area is 228 Å². The van der Waals surface area contributed by atoms with E-state index in [0.717, 1.165) is 35.2 Å². The van der Waals surface area contributed by atoms with Crippen molar-refractivity contribution in [3.63, 3.8) is 0 Å². The standard InChI is InChI=1S/C28H26ClF3N2O3S/c1-28(2,17-4-9-22(29)25(12-17)36-3)26-15-33-27(34(26)19-7-5-18(30)6-8-19)38-16-21-23(31)13-20(14-24(21)32)37-11-10-35/h4-9,12-15,35H,10-11,16H2,1-3H3. The maximum atomic E-state index is 14.7. The normalized spacial score (nSPS) is 11.6. The van der Waals surface area contributed by atoms with Gasteiger partial charge in [0.05, 0.1) is 30.6 Å². The van der Waals surface area contributed by atoms with E-state index in [9.17, 15) is 13.2 Å². The molecule has 0 aliphatic heterocycles. The van der Waals surface area contributed by atoms with Crippen LogP contribution in [-0.2, 0) is 11.2 Å². The average molecular weight is 563 g/mol. The van der Waals surface area contributed by atoms with Crippen LogP contribution in [0.1, 0.15) is 30.7 Å². The highest BCUT2D eigenvalue weighted by molar-refractivity contribution is 7.98. The maximum Gasteiger partial charge on any atom is 0.173 e. The minimum absolute atomic E-state index is 0.00181. The molecule has 0 amide bonds. The van der Waals surface area contributed by atoms with Gasteiger partial charge in [-0.2, -0.15) is 0 Å². The topological polar surface area (TPSA) is 56.5 Å². The first kappa shape index (κ1) is 27.9. The van der Waals surface area contributed by atoms with E-state index in [0.29, 0.717) is 21.6 Å². The third-order valence-electron chi connectivity index (χ3n) is 6.15. The summed E-state index contributed by atoms with van der Waals surface area (Å²) < 4.78 is 55.6. The molecular formula is C28H26ClF3N2O3S. The molecule has 0 spiro atoms. The van der Waals surface area contributed by atoms with E-state index < -0.39 is 17.0 Å². The molecule has 0 atom stereocenters. The fourth-order valence-corrected chi connectivity index (χ4v) is 5.22. The second kappa shape index (κ2) is 11.7. The summed E-state index contributed by atoms with van der Waals surface area (Å²) >= 11 is 7.38. The van der Waals surface area contributed by atoms with E-state index in [1.807, 2.05) is 30.5 Å². The highest BCUT2D eigenvalue weighted by Gasteiger charge is 2.30. The number of aromatic nitrogens is 2. The summed E-state index contributed by atoms with van der Waals surface area (Å²) in [4.78, 5) is 4.58. The van der Waals surface area contributed by atoms with Crippen LogP contribution in [0.5, 0.6) is 11.5 Å². The Bertz CT molecular complexity index is 1400. The molecule has 1 heterocycles. The first-order chi connectivity index (χ1) is 18.1. The van der Waals surface area contributed by atoms with E-state index >= 15 is 0 Å². The Balaban J connectivity index is 1.73. The Hall–Kier alpha value is -3.14. The first-order valence-corrected chi connectivity index (χ1v) is 13.0. The lowest BCUT2D eigenvalue weighted by molar-refractivity contribution is 0.200. The van der Waals surface area contributed by atoms with Crippen LogP contribution < -0.4 is 9.47 Å². The van der Waals surface area contributed by atoms with Gasteiger partial charge in [0.2, 0.25) is 0 Å². The third kappa shape index (κ3) is 5.80. The number of aliphatic hydroxyl groups is 1. The molecule has 0 aliphatic carbocycles. The predicted molar refractivity (Wildman–Crippen MR) is 142 cm³/mol. The summed E-state index contributed by atoms with van der Waals surface area (Å²) in [6.07, 6.45) is 1.70. The van der Waals surface area contributed by atoms with Gasteiger partial charge in [0.1, 0.15) is 35.6 Å². The zero-order valence-electron chi connectivity index (χ0n) is 21.0. The maximum absolute atomic E-state index is 14.7. The Morgan fingerprint density at radius 3 is 2.34 bits per heavy atom. The van der Waals surface area contributed by atoms with E-state index in [1.54, 1.807) is 31.5 Å². The van der Waals surface area contributed by atoms with E-state index in [1.165, 1.54) is 12.1 Å². The molecule has 0 bridgehead atoms. The fraction of sp³-hybridized carbons (Fsp3) is 0.250. The van der Waals surface area contributed by atoms with Crippen LogP contribution in [0, 0.1) is 17.5 Å². The van der Waals surface area contributed by atoms with Crippen molar-refractivity contribution in [3.05, 3.63) is 100 Å². The summed E-state index contributed by atoms with van der Waals surface area (Å²) in [7, 11) is 1.54. The van der Waals surface area contributed by atoms with Crippen molar-refractivity contribution >= 4 is 23.4 Å². The number of hydrogen-bond donors (Lipinski definition) is 1. The van der Waals surface area contributed by atoms with Gasteiger partial charge in [-0.25, -0.2) is 18.2 Å². The van der Waals surface area contributed by atoms with Crippen molar-refractivity contribution in [2.45, 2.75) is 30.2 Å². The first-order valence-electron chi connectivity index (χ1n) is 11.7. The van der Waals surface area contributed by atoms with Crippen LogP contribution >= 0.6 is 23.4 Å². The van der Waals surface area contributed by atoms with Crippen molar-refractivity contribution in [1.29, 1.82) is 0 Å². The van der Waals surface area contributed by atoms with Gasteiger partial charge in [-0.05, 0) is 42.0 Å². The molecule has 4 rings (SSSR count). The number of nitrogens with zero attached hydrogens (tertiary/aromatic N) is 2. The number of rotatable bonds is 10. The number of hydrogen-bond acceptors (Lipinski definition) is 5. The summed E-state index contributed by atoms with van der Waals surface area (Å²) in [5.74, 6) is -1.45. The molecule has 0 aliphatic rings. The quantitative estimate of drug-likeness (QED) is 0.212. The third-order valence-corrected chi connectivity index (χ3v) is 7.44. The Kier molecular flexibility index (Phi) is 8.60. The highest BCUT2D eigenvalue weighted by Crippen LogP contribution is 2.39. The van der Waals surface area contributed by atoms with E-state index in [-0.39, 0.29) is 36.1 Å². The largest absolute Gasteiger partial charge is 0.495 e. The van der Waals surface area contributed by atoms with Crippen LogP contribution in [-0.4, -0.2) is 35.0 Å². The molecule has 200 valence electrons. The van der Waals surface area contributed by atoms with E-state index in [2.05, 4.69) is 4.98 Å². The van der Waals surface area contributed by atoms with Crippen LogP contribution in [0.25, 0.3) is 5.69 Å². The molecule has 0 radical (unpaired) electrons. The molecule has 3 aromatic carbocycles. The number of thioether (sulfide) groups is 1. The van der Waals surface area contributed by atoms with Crippen LogP contribution in [0.3, 0.4) is 0 Å². The van der Waals surface area contributed by atoms with Crippen LogP contribution in [0.15, 0.2) is 66.0 Å². The Morgan fingerprint density at radius 1 is 1.03 bits per heavy atom. The van der Waals surface area contributed by atoms with Gasteiger partial charge in [-0.15, -0.1) is 0 Å². The van der Waals surface area contributed by atoms with Gasteiger partial charge < -0.3 is 14.6 Å². The number of benzene rings is 3. The molecule has 1 aromatic heterocycles. The number of aliphatic hydroxyl groups excluding tert-OH is 1. The lowest BCUT2D eigenvalue weighted by Gasteiger charge is -2.28. The lowest BCUT2D eigenvalue weighted by Crippen LogP contribution is -2.23. The summed E-state index contributed by atoms with van der Waals surface area (Å²) in [6, 6.07) is 13.6. The Morgan fingerprint density at radius 2 is 1.71 bits per heavy atom. The number of ether oxygens (including phenoxy) is 2. The molecule has 1 N–H and O–H groups in total. The zero-order chi connectivity index (χ0) is 27.4. The zero-order valence-corrected chi connectivity index (χ0v) is 22.5. The monoisotopic (exact) mass is 562 g/mol. The second-order valence-electron chi connectivity index (χ2n) is 8.94. The molecule has 0 unspecified atom stereocenters. The van der Waals surface area contributed by atoms with Gasteiger partial charge in [0, 0.05) is 34.6 Å². The molecule has 0 saturated heterocycles. The van der Waals surface area contributed by atoms with Gasteiger partial charge in [-0.3, -0.25) is 4.57 Å². The van der Waals surface area contributed by atoms with Crippen molar-refractivity contribution in [2.24, 2.45) is 0 Å². The molecule has 10 heteroatoms. The highest BCUT2D eigenvalue weighted by atomic mass is 35.5. The molecule has 0 fully saturated rings. The lowest BCUT2D eigenvalue weighted by atomic mass is 9.81. The second-order valence-corrected chi connectivity index (χ2v) is 10.3. The molecule has 0 saturated carbocycles. The van der Waals surface area contributed by atoms with Crippen molar-refractivity contribution < 1.29 is 27.8 Å². The van der Waals surface area contributed by atoms with Crippen LogP contribution in [0.2, 0.25) is 5.02 Å². The number of halogens is 4. The molecule has 38 heavy (non-hydrogen) atoms. The minimum atomic E-state index is -0.765. The predicted octanol–water partition coefficient (Wildman–Crippen LogP) is 6.94. The fourth-order valence-electron chi connectivity index (χ4n) is 4.01. The molecule has 4 aromatic rings. The summed E-state index contributed by atoms with van der Waals surface area (Å²) in [6.45, 7) is 3.67. The van der Waals surface area contributed by atoms with Crippen molar-refractivity contribution in [3.8, 4) is 17.2 Å². The van der Waals surface area contributed by atoms with Crippen molar-refractivity contribution in [2.75, 3.05) is 20.3 Å². The smallest absolute Gasteiger partial charge is 0.173 e. The van der Waals surface area contributed by atoms with Crippen molar-refractivity contribution in [1.82, 2.24) is 9.55 Å². The van der Waals surface area contributed by atoms with Gasteiger partial charge >= 0.3 is 0 Å². The number of imidazole rings is 1. The minimum Gasteiger partial charge on any atom is -0.495 e. The molecular weight excluding hydrogens is 537 g/mol. The summed E-state index contributed by atoms with van der Waals surface area (Å²) in [5, 5.41) is 9.83. The molecule has 5 nitrogen and oxygen atoms in total.